The van der Waals surface area contributed by atoms with Crippen LogP contribution >= 0.6 is 11.6 Å². The van der Waals surface area contributed by atoms with Crippen LogP contribution in [-0.2, 0) is 0 Å². The quantitative estimate of drug-likeness (QED) is 0.780. The van der Waals surface area contributed by atoms with Crippen molar-refractivity contribution < 1.29 is 13.9 Å². The standard InChI is InChI=1S/C19H17ClFN3O2/c1-3-11-6-5-9-22-18(11)24-19(25)23-14-10-12(14)16-13(21)7-8-15(17(16)20)26-4-2/h1,5-9,12,14H,4,10H2,2H3,(H2,22,23,24,25). The third-order valence-corrected chi connectivity index (χ3v) is 4.45. The Morgan fingerprint density at radius 3 is 3.04 bits per heavy atom. The lowest BCUT2D eigenvalue weighted by Gasteiger charge is -2.12. The highest BCUT2D eigenvalue weighted by Crippen LogP contribution is 2.47. The fraction of sp³-hybridized carbons (Fsp3) is 0.263. The number of urea groups is 1. The Kier molecular flexibility index (Phi) is 5.29. The molecule has 0 bridgehead atoms. The molecule has 0 saturated heterocycles. The highest BCUT2D eigenvalue weighted by molar-refractivity contribution is 6.33. The molecule has 5 nitrogen and oxygen atoms in total. The summed E-state index contributed by atoms with van der Waals surface area (Å²) in [7, 11) is 0. The summed E-state index contributed by atoms with van der Waals surface area (Å²) in [6, 6.07) is 5.52. The number of ether oxygens (including phenoxy) is 1. The number of nitrogens with zero attached hydrogens (tertiary/aromatic N) is 1. The first-order valence-electron chi connectivity index (χ1n) is 8.15. The number of carbonyl (C=O) groups excluding carboxylic acids is 1. The lowest BCUT2D eigenvalue weighted by atomic mass is 10.1. The summed E-state index contributed by atoms with van der Waals surface area (Å²) >= 11 is 6.27. The van der Waals surface area contributed by atoms with Crippen LogP contribution in [0.2, 0.25) is 5.02 Å². The van der Waals surface area contributed by atoms with Gasteiger partial charge in [0.25, 0.3) is 0 Å². The van der Waals surface area contributed by atoms with E-state index in [1.54, 1.807) is 12.1 Å². The van der Waals surface area contributed by atoms with E-state index in [1.165, 1.54) is 18.3 Å². The maximum atomic E-state index is 14.2. The third-order valence-electron chi connectivity index (χ3n) is 4.06. The van der Waals surface area contributed by atoms with Crippen LogP contribution in [0.3, 0.4) is 0 Å². The predicted octanol–water partition coefficient (Wildman–Crippen LogP) is 3.93. The third kappa shape index (κ3) is 3.73. The van der Waals surface area contributed by atoms with Crippen LogP contribution in [0.15, 0.2) is 30.5 Å². The smallest absolute Gasteiger partial charge is 0.320 e. The van der Waals surface area contributed by atoms with E-state index in [9.17, 15) is 9.18 Å². The predicted molar refractivity (Wildman–Crippen MR) is 98.1 cm³/mol. The van der Waals surface area contributed by atoms with E-state index in [0.29, 0.717) is 35.7 Å². The molecular formula is C19H17ClFN3O2. The number of hydrogen-bond donors (Lipinski definition) is 2. The van der Waals surface area contributed by atoms with Gasteiger partial charge in [-0.1, -0.05) is 17.5 Å². The number of anilines is 1. The number of rotatable bonds is 5. The fourth-order valence-corrected chi connectivity index (χ4v) is 3.11. The zero-order valence-electron chi connectivity index (χ0n) is 14.1. The molecule has 1 aromatic carbocycles. The molecular weight excluding hydrogens is 357 g/mol. The average Bonchev–Trinajstić information content (AvgIpc) is 3.36. The van der Waals surface area contributed by atoms with E-state index >= 15 is 0 Å². The molecule has 1 fully saturated rings. The molecule has 2 N–H and O–H groups in total. The van der Waals surface area contributed by atoms with Crippen LogP contribution < -0.4 is 15.4 Å². The number of carbonyl (C=O) groups is 1. The van der Waals surface area contributed by atoms with Crippen molar-refractivity contribution in [3.05, 3.63) is 52.4 Å². The number of terminal acetylenes is 1. The van der Waals surface area contributed by atoms with Gasteiger partial charge in [-0.3, -0.25) is 5.32 Å². The summed E-state index contributed by atoms with van der Waals surface area (Å²) in [6.45, 7) is 2.26. The number of nitrogens with one attached hydrogen (secondary N) is 2. The number of hydrogen-bond acceptors (Lipinski definition) is 3. The van der Waals surface area contributed by atoms with Crippen LogP contribution in [0.1, 0.15) is 30.4 Å². The first kappa shape index (κ1) is 18.0. The molecule has 26 heavy (non-hydrogen) atoms. The van der Waals surface area contributed by atoms with Crippen molar-refractivity contribution in [3.63, 3.8) is 0 Å². The van der Waals surface area contributed by atoms with E-state index in [2.05, 4.69) is 21.5 Å². The second kappa shape index (κ2) is 7.63. The number of aromatic nitrogens is 1. The molecule has 1 aliphatic carbocycles. The summed E-state index contributed by atoms with van der Waals surface area (Å²) in [6.07, 6.45) is 7.50. The van der Waals surface area contributed by atoms with Gasteiger partial charge in [0, 0.05) is 23.7 Å². The van der Waals surface area contributed by atoms with Crippen molar-refractivity contribution in [2.24, 2.45) is 0 Å². The van der Waals surface area contributed by atoms with Gasteiger partial charge in [0.05, 0.1) is 17.2 Å². The maximum absolute atomic E-state index is 14.2. The molecule has 3 rings (SSSR count). The van der Waals surface area contributed by atoms with Gasteiger partial charge in [0.15, 0.2) is 0 Å². The largest absolute Gasteiger partial charge is 0.492 e. The van der Waals surface area contributed by atoms with Crippen molar-refractivity contribution in [1.82, 2.24) is 10.3 Å². The van der Waals surface area contributed by atoms with Gasteiger partial charge in [0.1, 0.15) is 17.4 Å². The Labute approximate surface area is 155 Å². The van der Waals surface area contributed by atoms with Crippen molar-refractivity contribution in [2.45, 2.75) is 25.3 Å². The van der Waals surface area contributed by atoms with E-state index < -0.39 is 11.8 Å². The van der Waals surface area contributed by atoms with Crippen molar-refractivity contribution in [1.29, 1.82) is 0 Å². The molecule has 134 valence electrons. The van der Waals surface area contributed by atoms with Gasteiger partial charge in [-0.05, 0) is 37.6 Å². The van der Waals surface area contributed by atoms with Gasteiger partial charge in [-0.2, -0.15) is 0 Å². The van der Waals surface area contributed by atoms with E-state index in [4.69, 9.17) is 22.8 Å². The van der Waals surface area contributed by atoms with E-state index in [1.807, 2.05) is 6.92 Å². The molecule has 1 saturated carbocycles. The molecule has 0 radical (unpaired) electrons. The Morgan fingerprint density at radius 1 is 1.50 bits per heavy atom. The Balaban J connectivity index is 1.67. The molecule has 2 aromatic rings. The van der Waals surface area contributed by atoms with Gasteiger partial charge in [-0.15, -0.1) is 6.42 Å². The lowest BCUT2D eigenvalue weighted by molar-refractivity contribution is 0.251. The first-order valence-corrected chi connectivity index (χ1v) is 8.52. The Morgan fingerprint density at radius 2 is 2.31 bits per heavy atom. The van der Waals surface area contributed by atoms with Gasteiger partial charge in [0.2, 0.25) is 0 Å². The van der Waals surface area contributed by atoms with E-state index in [0.717, 1.165) is 0 Å². The van der Waals surface area contributed by atoms with Crippen LogP contribution in [0.25, 0.3) is 0 Å². The molecule has 2 unspecified atom stereocenters. The fourth-order valence-electron chi connectivity index (χ4n) is 2.76. The summed E-state index contributed by atoms with van der Waals surface area (Å²) in [5.41, 5.74) is 0.846. The summed E-state index contributed by atoms with van der Waals surface area (Å²) in [5.74, 6) is 2.57. The molecule has 1 heterocycles. The number of amides is 2. The number of benzene rings is 1. The topological polar surface area (TPSA) is 63.2 Å². The maximum Gasteiger partial charge on any atom is 0.320 e. The molecule has 1 aromatic heterocycles. The summed E-state index contributed by atoms with van der Waals surface area (Å²) in [5, 5.41) is 5.64. The Bertz CT molecular complexity index is 882. The minimum atomic E-state index is -0.454. The highest BCUT2D eigenvalue weighted by Gasteiger charge is 2.43. The molecule has 0 aliphatic heterocycles. The minimum Gasteiger partial charge on any atom is -0.492 e. The first-order chi connectivity index (χ1) is 12.5. The van der Waals surface area contributed by atoms with Crippen molar-refractivity contribution >= 4 is 23.4 Å². The second-order valence-corrected chi connectivity index (χ2v) is 6.18. The SMILES string of the molecule is C#Cc1cccnc1NC(=O)NC1CC1c1c(F)ccc(OCC)c1Cl. The van der Waals surface area contributed by atoms with Crippen molar-refractivity contribution in [3.8, 4) is 18.1 Å². The zero-order chi connectivity index (χ0) is 18.7. The zero-order valence-corrected chi connectivity index (χ0v) is 14.8. The number of halogens is 2. The second-order valence-electron chi connectivity index (χ2n) is 5.80. The summed E-state index contributed by atoms with van der Waals surface area (Å²) < 4.78 is 19.6. The molecule has 1 aliphatic rings. The average molecular weight is 374 g/mol. The Hall–Kier alpha value is -2.78. The molecule has 2 amide bonds. The minimum absolute atomic E-state index is 0.204. The van der Waals surface area contributed by atoms with Crippen LogP contribution in [0.4, 0.5) is 15.0 Å². The monoisotopic (exact) mass is 373 g/mol. The van der Waals surface area contributed by atoms with Crippen LogP contribution in [-0.4, -0.2) is 23.7 Å². The van der Waals surface area contributed by atoms with Gasteiger partial charge >= 0.3 is 6.03 Å². The lowest BCUT2D eigenvalue weighted by Crippen LogP contribution is -2.32. The van der Waals surface area contributed by atoms with Gasteiger partial charge < -0.3 is 10.1 Å². The van der Waals surface area contributed by atoms with E-state index in [-0.39, 0.29) is 17.0 Å². The highest BCUT2D eigenvalue weighted by atomic mass is 35.5. The molecule has 2 atom stereocenters. The van der Waals surface area contributed by atoms with Crippen LogP contribution in [0.5, 0.6) is 5.75 Å². The van der Waals surface area contributed by atoms with Gasteiger partial charge in [-0.25, -0.2) is 14.2 Å². The molecule has 7 heteroatoms. The van der Waals surface area contributed by atoms with Crippen molar-refractivity contribution in [2.75, 3.05) is 11.9 Å². The molecule has 0 spiro atoms. The van der Waals surface area contributed by atoms with Crippen LogP contribution in [0, 0.1) is 18.2 Å². The summed E-state index contributed by atoms with van der Waals surface area (Å²) in [4.78, 5) is 16.2. The normalized spacial score (nSPS) is 17.9. The number of pyridine rings is 1.